The number of ketones is 2. The molecule has 37 heavy (non-hydrogen) atoms. The second-order valence-electron chi connectivity index (χ2n) is 11.5. The molecule has 0 bridgehead atoms. The number of ether oxygens (including phenoxy) is 2. The number of carbonyl (C=O) groups is 2. The Kier molecular flexibility index (Phi) is 9.62. The first-order valence-corrected chi connectivity index (χ1v) is 13.4. The van der Waals surface area contributed by atoms with Gasteiger partial charge in [0.15, 0.2) is 28.6 Å². The van der Waals surface area contributed by atoms with Crippen LogP contribution >= 0.6 is 7.82 Å². The first-order valence-electron chi connectivity index (χ1n) is 11.9. The third kappa shape index (κ3) is 4.83. The summed E-state index contributed by atoms with van der Waals surface area (Å²) >= 11 is 0. The Bertz CT molecular complexity index is 1110. The zero-order chi connectivity index (χ0) is 25.8. The van der Waals surface area contributed by atoms with Crippen molar-refractivity contribution in [3.63, 3.8) is 0 Å². The topological polar surface area (TPSA) is 145 Å². The van der Waals surface area contributed by atoms with Gasteiger partial charge in [-0.15, -0.1) is 0 Å². The quantitative estimate of drug-likeness (QED) is 0.252. The summed E-state index contributed by atoms with van der Waals surface area (Å²) in [7, 11) is -5.44. The van der Waals surface area contributed by atoms with Gasteiger partial charge in [-0.25, -0.2) is 4.39 Å². The molecule has 0 amide bonds. The number of aliphatic hydroxyl groups is 1. The summed E-state index contributed by atoms with van der Waals surface area (Å²) in [6.07, 6.45) is 2.86. The maximum absolute atomic E-state index is 17.3. The third-order valence-electron chi connectivity index (χ3n) is 9.40. The normalized spacial score (nSPS) is 45.4. The molecule has 1 saturated heterocycles. The Hall–Kier alpha value is 2.01. The number of allylic oxidation sites excluding steroid dienone is 4. The van der Waals surface area contributed by atoms with Crippen LogP contribution in [0.3, 0.4) is 0 Å². The van der Waals surface area contributed by atoms with E-state index in [2.05, 4.69) is 4.52 Å². The molecule has 194 valence electrons. The minimum Gasteiger partial charge on any atom is -0.790 e. The molecule has 0 aromatic heterocycles. The average molecular weight is 591 g/mol. The van der Waals surface area contributed by atoms with Gasteiger partial charge in [0.25, 0.3) is 0 Å². The molecule has 0 aromatic rings. The van der Waals surface area contributed by atoms with Crippen LogP contribution in [0.4, 0.5) is 4.39 Å². The number of alkyl halides is 1. The second kappa shape index (κ2) is 10.6. The number of fused-ring (bicyclic) bond motifs is 7. The number of phosphoric acid groups is 1. The van der Waals surface area contributed by atoms with Crippen LogP contribution < -0.4 is 113 Å². The maximum Gasteiger partial charge on any atom is 1.00 e. The number of aliphatic hydroxyl groups excluding tert-OH is 1. The SMILES string of the molecule is CC1(C)O[C@H]2CC3C4CCC5=CC(=O)C=C[C@]5(C)C4(F)[C@@H](O)C[C@]3(C)[C@]2(C(=O)COP(=O)([O-])[O-])O1.[K+].[K+]. The molecule has 0 spiro atoms. The van der Waals surface area contributed by atoms with Crippen LogP contribution in [0, 0.1) is 22.7 Å². The molecule has 5 rings (SSSR count). The summed E-state index contributed by atoms with van der Waals surface area (Å²) in [5, 5.41) is 11.4. The predicted octanol–water partition coefficient (Wildman–Crippen LogP) is -4.72. The fourth-order valence-corrected chi connectivity index (χ4v) is 8.33. The fraction of sp³-hybridized carbons (Fsp3) is 0.750. The fourth-order valence-electron chi connectivity index (χ4n) is 8.05. The molecule has 5 aliphatic rings. The molecule has 1 heterocycles. The molecule has 4 fully saturated rings. The summed E-state index contributed by atoms with van der Waals surface area (Å²) in [4.78, 5) is 47.8. The summed E-state index contributed by atoms with van der Waals surface area (Å²) in [6.45, 7) is 5.64. The summed E-state index contributed by atoms with van der Waals surface area (Å²) in [5.74, 6) is -3.35. The van der Waals surface area contributed by atoms with Gasteiger partial charge < -0.3 is 33.5 Å². The van der Waals surface area contributed by atoms with Crippen molar-refractivity contribution in [1.82, 2.24) is 0 Å². The van der Waals surface area contributed by atoms with E-state index in [1.165, 1.54) is 12.2 Å². The molecule has 8 atom stereocenters. The molecule has 9 nitrogen and oxygen atoms in total. The number of hydrogen-bond acceptors (Lipinski definition) is 9. The first kappa shape index (κ1) is 33.5. The number of rotatable bonds is 4. The molecule has 1 aliphatic heterocycles. The Balaban J connectivity index is 0.00000190. The molecule has 0 radical (unpaired) electrons. The van der Waals surface area contributed by atoms with E-state index in [9.17, 15) is 29.0 Å². The second-order valence-corrected chi connectivity index (χ2v) is 12.6. The Morgan fingerprint density at radius 1 is 1.24 bits per heavy atom. The van der Waals surface area contributed by atoms with Crippen LogP contribution in [-0.2, 0) is 28.2 Å². The number of Topliss-reactive ketones (excluding diaryl/α,β-unsaturated/α-hetero) is 1. The van der Waals surface area contributed by atoms with E-state index in [-0.39, 0.29) is 121 Å². The standard InChI is InChI=1S/C24H32FO9P.2K/c1-20(2)33-19-10-16-15-6-5-13-9-14(26)7-8-21(13,3)23(15,25)17(27)11-22(16,4)24(19,34-20)18(28)12-32-35(29,30)31;;/h7-9,15-17,19,27H,5-6,10-12H2,1-4H3,(H2,29,30,31);;/q;2*+1/p-2/t15?,16?,17-,19-,21-,22-,23?,24+;;/m0../s1. The van der Waals surface area contributed by atoms with Crippen LogP contribution in [0.2, 0.25) is 0 Å². The van der Waals surface area contributed by atoms with Crippen molar-refractivity contribution in [1.29, 1.82) is 0 Å². The summed E-state index contributed by atoms with van der Waals surface area (Å²) in [6, 6.07) is 0. The zero-order valence-electron chi connectivity index (χ0n) is 22.1. The van der Waals surface area contributed by atoms with Gasteiger partial charge in [-0.3, -0.25) is 9.59 Å². The third-order valence-corrected chi connectivity index (χ3v) is 9.85. The zero-order valence-corrected chi connectivity index (χ0v) is 29.3. The number of hydrogen-bond donors (Lipinski definition) is 1. The van der Waals surface area contributed by atoms with Crippen LogP contribution in [0.25, 0.3) is 0 Å². The van der Waals surface area contributed by atoms with Crippen molar-refractivity contribution < 1.29 is 150 Å². The smallest absolute Gasteiger partial charge is 0.790 e. The van der Waals surface area contributed by atoms with Crippen molar-refractivity contribution >= 4 is 19.4 Å². The van der Waals surface area contributed by atoms with Crippen LogP contribution in [-0.4, -0.2) is 52.5 Å². The molecule has 3 saturated carbocycles. The van der Waals surface area contributed by atoms with Gasteiger partial charge >= 0.3 is 103 Å². The Morgan fingerprint density at radius 2 is 1.89 bits per heavy atom. The van der Waals surface area contributed by atoms with Crippen LogP contribution in [0.1, 0.15) is 53.4 Å². The average Bonchev–Trinajstić information content (AvgIpc) is 3.14. The maximum atomic E-state index is 17.3. The summed E-state index contributed by atoms with van der Waals surface area (Å²) < 4.78 is 45.0. The number of carbonyl (C=O) groups excluding carboxylic acids is 2. The molecule has 0 aromatic carbocycles. The predicted molar refractivity (Wildman–Crippen MR) is 115 cm³/mol. The largest absolute Gasteiger partial charge is 1.00 e. The van der Waals surface area contributed by atoms with Crippen molar-refractivity contribution in [3.8, 4) is 0 Å². The number of phosphoric ester groups is 1. The molecule has 1 N–H and O–H groups in total. The van der Waals surface area contributed by atoms with E-state index in [1.807, 2.05) is 0 Å². The summed E-state index contributed by atoms with van der Waals surface area (Å²) in [5.41, 5.74) is -5.52. The van der Waals surface area contributed by atoms with Gasteiger partial charge in [-0.1, -0.05) is 18.6 Å². The van der Waals surface area contributed by atoms with Gasteiger partial charge in [0, 0.05) is 16.7 Å². The molecular weight excluding hydrogens is 560 g/mol. The van der Waals surface area contributed by atoms with Crippen molar-refractivity contribution in [3.05, 3.63) is 23.8 Å². The van der Waals surface area contributed by atoms with Gasteiger partial charge in [0.05, 0.1) is 20.0 Å². The number of halogens is 1. The van der Waals surface area contributed by atoms with E-state index < -0.39 is 72.1 Å². The van der Waals surface area contributed by atoms with E-state index in [0.29, 0.717) is 18.4 Å². The molecule has 4 aliphatic carbocycles. The van der Waals surface area contributed by atoms with E-state index in [0.717, 1.165) is 0 Å². The minimum atomic E-state index is -5.44. The van der Waals surface area contributed by atoms with E-state index >= 15 is 4.39 Å². The van der Waals surface area contributed by atoms with Gasteiger partial charge in [0.2, 0.25) is 0 Å². The van der Waals surface area contributed by atoms with Crippen molar-refractivity contribution in [2.75, 3.05) is 6.61 Å². The monoisotopic (exact) mass is 590 g/mol. The van der Waals surface area contributed by atoms with Crippen LogP contribution in [0.5, 0.6) is 0 Å². The van der Waals surface area contributed by atoms with E-state index in [4.69, 9.17) is 9.47 Å². The van der Waals surface area contributed by atoms with E-state index in [1.54, 1.807) is 33.8 Å². The van der Waals surface area contributed by atoms with Crippen molar-refractivity contribution in [2.45, 2.75) is 82.6 Å². The van der Waals surface area contributed by atoms with Gasteiger partial charge in [-0.05, 0) is 64.5 Å². The first-order chi connectivity index (χ1) is 16.0. The van der Waals surface area contributed by atoms with Gasteiger partial charge in [-0.2, -0.15) is 0 Å². The molecule has 13 heteroatoms. The molecule has 3 unspecified atom stereocenters. The Labute approximate surface area is 300 Å². The van der Waals surface area contributed by atoms with Gasteiger partial charge in [0.1, 0.15) is 6.61 Å². The molecular formula is C24H30FK2O9P. The van der Waals surface area contributed by atoms with Crippen molar-refractivity contribution in [2.24, 2.45) is 22.7 Å². The van der Waals surface area contributed by atoms with Crippen LogP contribution in [0.15, 0.2) is 23.8 Å². The Morgan fingerprint density at radius 3 is 2.51 bits per heavy atom. The minimum absolute atomic E-state index is 0.